The predicted molar refractivity (Wildman–Crippen MR) is 126 cm³/mol. The van der Waals surface area contributed by atoms with E-state index in [0.29, 0.717) is 11.1 Å². The van der Waals surface area contributed by atoms with Gasteiger partial charge in [-0.15, -0.1) is 0 Å². The number of carbonyl (C=O) groups is 1. The van der Waals surface area contributed by atoms with Crippen LogP contribution in [0.4, 0.5) is 0 Å². The molecule has 0 fully saturated rings. The molecule has 3 aromatic carbocycles. The van der Waals surface area contributed by atoms with E-state index in [1.807, 2.05) is 61.5 Å². The van der Waals surface area contributed by atoms with Crippen LogP contribution < -0.4 is 10.9 Å². The van der Waals surface area contributed by atoms with Gasteiger partial charge >= 0.3 is 0 Å². The summed E-state index contributed by atoms with van der Waals surface area (Å²) in [5.74, 6) is -0.202. The fourth-order valence-corrected chi connectivity index (χ4v) is 4.55. The summed E-state index contributed by atoms with van der Waals surface area (Å²) in [6, 6.07) is 23.7. The van der Waals surface area contributed by atoms with Crippen molar-refractivity contribution >= 4 is 16.7 Å². The summed E-state index contributed by atoms with van der Waals surface area (Å²) in [4.78, 5) is 26.1. The molecule has 0 aliphatic heterocycles. The Morgan fingerprint density at radius 1 is 1.00 bits per heavy atom. The SMILES string of the molecule is Cc1ccc(-c2nn(CC(=O)N[C@@H]3CCCc4ccccc43)c(=O)c3ccccc23)cc1. The average Bonchev–Trinajstić information content (AvgIpc) is 2.82. The van der Waals surface area contributed by atoms with E-state index in [2.05, 4.69) is 22.5 Å². The highest BCUT2D eigenvalue weighted by Crippen LogP contribution is 2.29. The van der Waals surface area contributed by atoms with Crippen LogP contribution in [0, 0.1) is 6.92 Å². The van der Waals surface area contributed by atoms with Crippen LogP contribution in [-0.2, 0) is 17.8 Å². The number of amides is 1. The molecule has 1 aromatic heterocycles. The highest BCUT2D eigenvalue weighted by molar-refractivity contribution is 5.93. The molecular weight excluding hydrogens is 398 g/mol. The van der Waals surface area contributed by atoms with Crippen molar-refractivity contribution in [2.45, 2.75) is 38.8 Å². The predicted octanol–water partition coefficient (Wildman–Crippen LogP) is 4.57. The molecule has 1 aliphatic carbocycles. The molecule has 0 unspecified atom stereocenters. The number of aromatic nitrogens is 2. The van der Waals surface area contributed by atoms with E-state index in [9.17, 15) is 9.59 Å². The van der Waals surface area contributed by atoms with Gasteiger partial charge in [-0.3, -0.25) is 9.59 Å². The van der Waals surface area contributed by atoms with E-state index in [-0.39, 0.29) is 24.1 Å². The number of benzene rings is 3. The maximum Gasteiger partial charge on any atom is 0.275 e. The van der Waals surface area contributed by atoms with E-state index >= 15 is 0 Å². The summed E-state index contributed by atoms with van der Waals surface area (Å²) in [6.45, 7) is 1.92. The molecule has 160 valence electrons. The summed E-state index contributed by atoms with van der Waals surface area (Å²) in [5.41, 5.74) is 4.98. The number of fused-ring (bicyclic) bond motifs is 2. The van der Waals surface area contributed by atoms with E-state index in [1.165, 1.54) is 15.8 Å². The van der Waals surface area contributed by atoms with Crippen molar-refractivity contribution in [3.05, 3.63) is 99.8 Å². The van der Waals surface area contributed by atoms with Crippen molar-refractivity contribution in [1.82, 2.24) is 15.1 Å². The second-order valence-electron chi connectivity index (χ2n) is 8.43. The lowest BCUT2D eigenvalue weighted by atomic mass is 9.88. The summed E-state index contributed by atoms with van der Waals surface area (Å²) in [6.07, 6.45) is 2.97. The first-order valence-electron chi connectivity index (χ1n) is 11.0. The van der Waals surface area contributed by atoms with Gasteiger partial charge in [-0.2, -0.15) is 5.10 Å². The fourth-order valence-electron chi connectivity index (χ4n) is 4.55. The molecule has 5 rings (SSSR count). The van der Waals surface area contributed by atoms with Gasteiger partial charge in [-0.1, -0.05) is 72.3 Å². The number of hydrogen-bond acceptors (Lipinski definition) is 3. The van der Waals surface area contributed by atoms with Gasteiger partial charge in [0.05, 0.1) is 17.1 Å². The minimum absolute atomic E-state index is 0.0276. The Balaban J connectivity index is 1.48. The van der Waals surface area contributed by atoms with Crippen LogP contribution >= 0.6 is 0 Å². The van der Waals surface area contributed by atoms with Gasteiger partial charge in [0.1, 0.15) is 6.54 Å². The zero-order valence-corrected chi connectivity index (χ0v) is 18.0. The van der Waals surface area contributed by atoms with Gasteiger partial charge in [0.15, 0.2) is 0 Å². The molecule has 1 aliphatic rings. The minimum Gasteiger partial charge on any atom is -0.348 e. The first-order chi connectivity index (χ1) is 15.6. The molecule has 0 saturated heterocycles. The molecule has 1 heterocycles. The average molecular weight is 424 g/mol. The lowest BCUT2D eigenvalue weighted by Crippen LogP contribution is -2.37. The zero-order valence-electron chi connectivity index (χ0n) is 18.0. The van der Waals surface area contributed by atoms with E-state index < -0.39 is 0 Å². The van der Waals surface area contributed by atoms with E-state index in [1.54, 1.807) is 6.07 Å². The quantitative estimate of drug-likeness (QED) is 0.523. The fraction of sp³-hybridized carbons (Fsp3) is 0.222. The number of aryl methyl sites for hydroxylation is 2. The van der Waals surface area contributed by atoms with Crippen LogP contribution in [0.1, 0.15) is 35.6 Å². The second kappa shape index (κ2) is 8.42. The second-order valence-corrected chi connectivity index (χ2v) is 8.43. The summed E-state index contributed by atoms with van der Waals surface area (Å²) in [5, 5.41) is 9.10. The van der Waals surface area contributed by atoms with E-state index in [4.69, 9.17) is 0 Å². The molecule has 32 heavy (non-hydrogen) atoms. The van der Waals surface area contributed by atoms with Gasteiger partial charge in [0.2, 0.25) is 5.91 Å². The van der Waals surface area contributed by atoms with Gasteiger partial charge in [0, 0.05) is 10.9 Å². The van der Waals surface area contributed by atoms with Crippen LogP contribution in [0.2, 0.25) is 0 Å². The van der Waals surface area contributed by atoms with Crippen LogP contribution in [0.25, 0.3) is 22.0 Å². The standard InChI is InChI=1S/C27H25N3O2/c1-18-13-15-20(16-14-18)26-22-10-4-5-11-23(22)27(32)30(29-26)17-25(31)28-24-12-6-8-19-7-2-3-9-21(19)24/h2-5,7,9-11,13-16,24H,6,8,12,17H2,1H3,(H,28,31)/t24-/m1/s1. The molecule has 0 bridgehead atoms. The van der Waals surface area contributed by atoms with Crippen molar-refractivity contribution in [1.29, 1.82) is 0 Å². The van der Waals surface area contributed by atoms with Gasteiger partial charge in [-0.05, 0) is 43.4 Å². The van der Waals surface area contributed by atoms with Crippen LogP contribution in [-0.4, -0.2) is 15.7 Å². The lowest BCUT2D eigenvalue weighted by molar-refractivity contribution is -0.122. The number of rotatable bonds is 4. The minimum atomic E-state index is -0.254. The van der Waals surface area contributed by atoms with Crippen molar-refractivity contribution < 1.29 is 4.79 Å². The van der Waals surface area contributed by atoms with Crippen LogP contribution in [0.15, 0.2) is 77.6 Å². The third-order valence-electron chi connectivity index (χ3n) is 6.19. The molecule has 0 saturated carbocycles. The topological polar surface area (TPSA) is 64.0 Å². The third-order valence-corrected chi connectivity index (χ3v) is 6.19. The Hall–Kier alpha value is -3.73. The molecule has 0 spiro atoms. The molecule has 5 nitrogen and oxygen atoms in total. The Morgan fingerprint density at radius 3 is 2.53 bits per heavy atom. The zero-order chi connectivity index (χ0) is 22.1. The molecule has 1 atom stereocenters. The van der Waals surface area contributed by atoms with Gasteiger partial charge in [-0.25, -0.2) is 4.68 Å². The van der Waals surface area contributed by atoms with Crippen LogP contribution in [0.3, 0.4) is 0 Å². The number of nitrogens with one attached hydrogen (secondary N) is 1. The van der Waals surface area contributed by atoms with Gasteiger partial charge < -0.3 is 5.32 Å². The Kier molecular flexibility index (Phi) is 5.31. The summed E-state index contributed by atoms with van der Waals surface area (Å²) < 4.78 is 1.29. The first kappa shape index (κ1) is 20.2. The van der Waals surface area contributed by atoms with Crippen molar-refractivity contribution in [3.8, 4) is 11.3 Å². The maximum atomic E-state index is 13.1. The molecule has 1 N–H and O–H groups in total. The lowest BCUT2D eigenvalue weighted by Gasteiger charge is -2.26. The van der Waals surface area contributed by atoms with E-state index in [0.717, 1.165) is 35.8 Å². The summed E-state index contributed by atoms with van der Waals surface area (Å²) >= 11 is 0. The number of hydrogen-bond donors (Lipinski definition) is 1. The Bertz CT molecular complexity index is 1360. The molecule has 4 aromatic rings. The highest BCUT2D eigenvalue weighted by atomic mass is 16.2. The normalized spacial score (nSPS) is 15.3. The molecule has 0 radical (unpaired) electrons. The smallest absolute Gasteiger partial charge is 0.275 e. The molecular formula is C27H25N3O2. The number of carbonyl (C=O) groups excluding carboxylic acids is 1. The maximum absolute atomic E-state index is 13.1. The first-order valence-corrected chi connectivity index (χ1v) is 11.0. The summed E-state index contributed by atoms with van der Waals surface area (Å²) in [7, 11) is 0. The highest BCUT2D eigenvalue weighted by Gasteiger charge is 2.22. The molecule has 5 heteroatoms. The number of nitrogens with zero attached hydrogens (tertiary/aromatic N) is 2. The van der Waals surface area contributed by atoms with Crippen LogP contribution in [0.5, 0.6) is 0 Å². The monoisotopic (exact) mass is 423 g/mol. The van der Waals surface area contributed by atoms with Crippen molar-refractivity contribution in [2.24, 2.45) is 0 Å². The van der Waals surface area contributed by atoms with Gasteiger partial charge in [0.25, 0.3) is 5.56 Å². The third kappa shape index (κ3) is 3.82. The Morgan fingerprint density at radius 2 is 1.72 bits per heavy atom. The Labute approximate surface area is 186 Å². The van der Waals surface area contributed by atoms with Crippen molar-refractivity contribution in [2.75, 3.05) is 0 Å². The molecule has 1 amide bonds. The van der Waals surface area contributed by atoms with Crippen molar-refractivity contribution in [3.63, 3.8) is 0 Å². The largest absolute Gasteiger partial charge is 0.348 e.